The molecule has 1 aromatic carbocycles. The van der Waals surface area contributed by atoms with Gasteiger partial charge in [0, 0.05) is 18.2 Å². The molecule has 1 aromatic heterocycles. The summed E-state index contributed by atoms with van der Waals surface area (Å²) in [4.78, 5) is 0. The third-order valence-electron chi connectivity index (χ3n) is 2.76. The van der Waals surface area contributed by atoms with E-state index in [1.165, 1.54) is 0 Å². The molecule has 6 nitrogen and oxygen atoms in total. The van der Waals surface area contributed by atoms with Crippen molar-refractivity contribution in [1.29, 1.82) is 0 Å². The van der Waals surface area contributed by atoms with Crippen molar-refractivity contribution in [3.8, 4) is 0 Å². The van der Waals surface area contributed by atoms with Crippen LogP contribution in [0.5, 0.6) is 0 Å². The molecule has 3 N–H and O–H groups in total. The van der Waals surface area contributed by atoms with Crippen molar-refractivity contribution in [3.05, 3.63) is 36.7 Å². The van der Waals surface area contributed by atoms with Crippen molar-refractivity contribution in [1.82, 2.24) is 4.57 Å². The summed E-state index contributed by atoms with van der Waals surface area (Å²) in [6.45, 7) is 1.29. The van der Waals surface area contributed by atoms with Gasteiger partial charge in [0.05, 0.1) is 32.2 Å². The lowest BCUT2D eigenvalue weighted by Crippen LogP contribution is -2.25. The summed E-state index contributed by atoms with van der Waals surface area (Å²) in [6.07, 6.45) is 3.87. The zero-order valence-electron chi connectivity index (χ0n) is 11.2. The zero-order valence-corrected chi connectivity index (χ0v) is 11.2. The van der Waals surface area contributed by atoms with Gasteiger partial charge in [-0.3, -0.25) is 0 Å². The number of hydrogen-bond donors (Lipinski definition) is 2. The molecule has 0 atom stereocenters. The summed E-state index contributed by atoms with van der Waals surface area (Å²) in [5.74, 6) is 0.786. The van der Waals surface area contributed by atoms with Crippen molar-refractivity contribution in [2.45, 2.75) is 0 Å². The number of benzene rings is 1. The average Bonchev–Trinajstić information content (AvgIpc) is 2.74. The van der Waals surface area contributed by atoms with Gasteiger partial charge in [0.15, 0.2) is 0 Å². The molecule has 0 saturated carbocycles. The van der Waals surface area contributed by atoms with Crippen molar-refractivity contribution < 1.29 is 4.57 Å². The van der Waals surface area contributed by atoms with Gasteiger partial charge in [0.25, 0.3) is 0 Å². The fourth-order valence-electron chi connectivity index (χ4n) is 1.74. The van der Waals surface area contributed by atoms with E-state index in [9.17, 15) is 0 Å². The highest BCUT2D eigenvalue weighted by atomic mass is 15.3. The first-order chi connectivity index (χ1) is 9.22. The van der Waals surface area contributed by atoms with Crippen LogP contribution in [0.25, 0.3) is 0 Å². The Hall–Kier alpha value is -2.21. The Morgan fingerprint density at radius 3 is 2.79 bits per heavy atom. The second-order valence-electron chi connectivity index (χ2n) is 4.25. The fraction of sp³-hybridized carbons (Fsp3) is 0.308. The van der Waals surface area contributed by atoms with Crippen LogP contribution in [0.1, 0.15) is 0 Å². The highest BCUT2D eigenvalue weighted by molar-refractivity contribution is 5.64. The van der Waals surface area contributed by atoms with E-state index in [4.69, 9.17) is 5.73 Å². The van der Waals surface area contributed by atoms with Gasteiger partial charge in [0.2, 0.25) is 0 Å². The van der Waals surface area contributed by atoms with E-state index in [1.807, 2.05) is 59.9 Å². The lowest BCUT2D eigenvalue weighted by Gasteiger charge is -2.05. The minimum atomic E-state index is 0.582. The molecule has 2 rings (SSSR count). The normalized spacial score (nSPS) is 11.1. The molecular weight excluding hydrogens is 240 g/mol. The molecular formula is C13H19N6+. The third kappa shape index (κ3) is 3.17. The SMILES string of the molecule is Cn1cc[n+](C)c1N=Nc1ccccc1NCCN. The summed E-state index contributed by atoms with van der Waals surface area (Å²) in [5, 5.41) is 11.8. The Morgan fingerprint density at radius 2 is 2.11 bits per heavy atom. The molecule has 0 unspecified atom stereocenters. The van der Waals surface area contributed by atoms with Crippen LogP contribution >= 0.6 is 0 Å². The number of nitrogens with zero attached hydrogens (tertiary/aromatic N) is 4. The predicted octanol–water partition coefficient (Wildman–Crippen LogP) is 1.64. The van der Waals surface area contributed by atoms with E-state index in [0.29, 0.717) is 13.1 Å². The second-order valence-corrected chi connectivity index (χ2v) is 4.25. The van der Waals surface area contributed by atoms with Crippen LogP contribution in [0.15, 0.2) is 46.9 Å². The maximum absolute atomic E-state index is 5.49. The number of para-hydroxylation sites is 1. The molecule has 2 aromatic rings. The molecule has 19 heavy (non-hydrogen) atoms. The van der Waals surface area contributed by atoms with Crippen LogP contribution in [-0.2, 0) is 14.1 Å². The molecule has 0 fully saturated rings. The van der Waals surface area contributed by atoms with Crippen molar-refractivity contribution >= 4 is 17.3 Å². The number of anilines is 1. The number of imidazole rings is 1. The van der Waals surface area contributed by atoms with E-state index >= 15 is 0 Å². The lowest BCUT2D eigenvalue weighted by atomic mass is 10.2. The number of rotatable bonds is 5. The number of azo groups is 1. The number of aromatic nitrogens is 2. The molecule has 0 spiro atoms. The summed E-state index contributed by atoms with van der Waals surface area (Å²) < 4.78 is 3.83. The Kier molecular flexibility index (Phi) is 4.25. The van der Waals surface area contributed by atoms with Gasteiger partial charge in [-0.25, -0.2) is 9.13 Å². The van der Waals surface area contributed by atoms with Crippen LogP contribution < -0.4 is 15.6 Å². The number of aryl methyl sites for hydroxylation is 2. The topological polar surface area (TPSA) is 71.6 Å². The molecule has 0 radical (unpaired) electrons. The van der Waals surface area contributed by atoms with Gasteiger partial charge in [-0.1, -0.05) is 17.2 Å². The average molecular weight is 259 g/mol. The van der Waals surface area contributed by atoms with Gasteiger partial charge < -0.3 is 11.1 Å². The molecule has 0 amide bonds. The quantitative estimate of drug-likeness (QED) is 0.633. The smallest absolute Gasteiger partial charge is 0.382 e. The molecule has 1 heterocycles. The maximum atomic E-state index is 5.49. The van der Waals surface area contributed by atoms with Crippen LogP contribution in [0.3, 0.4) is 0 Å². The molecule has 0 aliphatic carbocycles. The minimum absolute atomic E-state index is 0.582. The highest BCUT2D eigenvalue weighted by Crippen LogP contribution is 2.25. The van der Waals surface area contributed by atoms with E-state index in [2.05, 4.69) is 15.5 Å². The zero-order chi connectivity index (χ0) is 13.7. The summed E-state index contributed by atoms with van der Waals surface area (Å²) in [6, 6.07) is 7.79. The minimum Gasteiger partial charge on any atom is -0.382 e. The maximum Gasteiger partial charge on any atom is 0.421 e. The molecule has 0 saturated heterocycles. The molecule has 6 heteroatoms. The molecule has 0 aliphatic rings. The van der Waals surface area contributed by atoms with E-state index < -0.39 is 0 Å². The summed E-state index contributed by atoms with van der Waals surface area (Å²) in [5.41, 5.74) is 7.24. The van der Waals surface area contributed by atoms with Gasteiger partial charge in [-0.15, -0.1) is 0 Å². The van der Waals surface area contributed by atoms with Gasteiger partial charge >= 0.3 is 5.95 Å². The Bertz CT molecular complexity index is 553. The standard InChI is InChI=1S/C13H18N6/c1-18-9-10-19(2)13(18)17-16-12-6-4-3-5-11(12)15-8-7-14/h3-6,9-10H,7-8,14H2,1-2H3/p+1. The first-order valence-electron chi connectivity index (χ1n) is 6.18. The monoisotopic (exact) mass is 259 g/mol. The molecule has 100 valence electrons. The second kappa shape index (κ2) is 6.10. The van der Waals surface area contributed by atoms with Crippen molar-refractivity contribution in [2.24, 2.45) is 30.1 Å². The van der Waals surface area contributed by atoms with Crippen LogP contribution in [-0.4, -0.2) is 17.7 Å². The number of nitrogens with two attached hydrogens (primary N) is 1. The first kappa shape index (κ1) is 13.2. The summed E-state index contributed by atoms with van der Waals surface area (Å²) in [7, 11) is 3.87. The molecule has 0 bridgehead atoms. The van der Waals surface area contributed by atoms with Crippen molar-refractivity contribution in [2.75, 3.05) is 18.4 Å². The fourth-order valence-corrected chi connectivity index (χ4v) is 1.74. The molecule has 0 aliphatic heterocycles. The Balaban J connectivity index is 2.23. The van der Waals surface area contributed by atoms with E-state index in [1.54, 1.807) is 0 Å². The third-order valence-corrected chi connectivity index (χ3v) is 2.76. The van der Waals surface area contributed by atoms with Crippen LogP contribution in [0.2, 0.25) is 0 Å². The first-order valence-corrected chi connectivity index (χ1v) is 6.18. The van der Waals surface area contributed by atoms with E-state index in [-0.39, 0.29) is 0 Å². The summed E-state index contributed by atoms with van der Waals surface area (Å²) >= 11 is 0. The van der Waals surface area contributed by atoms with Crippen molar-refractivity contribution in [3.63, 3.8) is 0 Å². The largest absolute Gasteiger partial charge is 0.421 e. The van der Waals surface area contributed by atoms with Crippen LogP contribution in [0.4, 0.5) is 17.3 Å². The Morgan fingerprint density at radius 1 is 1.32 bits per heavy atom. The van der Waals surface area contributed by atoms with E-state index in [0.717, 1.165) is 17.3 Å². The Labute approximate surface area is 112 Å². The van der Waals surface area contributed by atoms with Gasteiger partial charge in [-0.2, -0.15) is 0 Å². The highest BCUT2D eigenvalue weighted by Gasteiger charge is 2.11. The predicted molar refractivity (Wildman–Crippen MR) is 74.8 cm³/mol. The van der Waals surface area contributed by atoms with Gasteiger partial charge in [0.1, 0.15) is 5.69 Å². The number of nitrogens with one attached hydrogen (secondary N) is 1. The lowest BCUT2D eigenvalue weighted by molar-refractivity contribution is -0.657. The number of hydrogen-bond acceptors (Lipinski definition) is 4. The van der Waals surface area contributed by atoms with Crippen LogP contribution in [0, 0.1) is 0 Å². The van der Waals surface area contributed by atoms with Gasteiger partial charge in [-0.05, 0) is 12.1 Å².